The summed E-state index contributed by atoms with van der Waals surface area (Å²) in [5.41, 5.74) is 1.92. The normalized spacial score (nSPS) is 10.4. The maximum atomic E-state index is 12.9. The van der Waals surface area contributed by atoms with Gasteiger partial charge in [0.25, 0.3) is 0 Å². The molecule has 7 heteroatoms. The number of carbonyl (C=O) groups is 1. The number of hydrogen-bond acceptors (Lipinski definition) is 6. The monoisotopic (exact) mass is 344 g/mol. The minimum Gasteiger partial charge on any atom is -0.497 e. The second-order valence-electron chi connectivity index (χ2n) is 4.88. The molecule has 0 saturated carbocycles. The van der Waals surface area contributed by atoms with Crippen molar-refractivity contribution in [3.05, 3.63) is 64.8 Å². The van der Waals surface area contributed by atoms with Crippen LogP contribution in [0.2, 0.25) is 0 Å². The van der Waals surface area contributed by atoms with E-state index in [0.717, 1.165) is 17.1 Å². The van der Waals surface area contributed by atoms with Gasteiger partial charge in [-0.3, -0.25) is 0 Å². The summed E-state index contributed by atoms with van der Waals surface area (Å²) in [6.45, 7) is 0.0546. The first-order valence-electron chi connectivity index (χ1n) is 7.05. The molecule has 2 aromatic carbocycles. The van der Waals surface area contributed by atoms with Crippen molar-refractivity contribution in [3.8, 4) is 17.0 Å². The van der Waals surface area contributed by atoms with Crippen LogP contribution >= 0.6 is 11.5 Å². The van der Waals surface area contributed by atoms with E-state index >= 15 is 0 Å². The van der Waals surface area contributed by atoms with Crippen LogP contribution in [-0.4, -0.2) is 22.7 Å². The average Bonchev–Trinajstić information content (AvgIpc) is 3.11. The standard InChI is InChI=1S/C17H13FN2O3S/c1-22-14-8-4-12(5-9-14)15-16(24-20-19-15)17(21)23-10-11-2-6-13(18)7-3-11/h2-9H,10H2,1H3. The van der Waals surface area contributed by atoms with Crippen molar-refractivity contribution >= 4 is 17.5 Å². The van der Waals surface area contributed by atoms with E-state index in [9.17, 15) is 9.18 Å². The van der Waals surface area contributed by atoms with Crippen LogP contribution in [0, 0.1) is 5.82 Å². The number of nitrogens with zero attached hydrogens (tertiary/aromatic N) is 2. The summed E-state index contributed by atoms with van der Waals surface area (Å²) < 4.78 is 27.1. The third-order valence-corrected chi connectivity index (χ3v) is 4.03. The molecule has 24 heavy (non-hydrogen) atoms. The fourth-order valence-corrected chi connectivity index (χ4v) is 2.64. The van der Waals surface area contributed by atoms with E-state index in [2.05, 4.69) is 9.59 Å². The van der Waals surface area contributed by atoms with Gasteiger partial charge in [0, 0.05) is 5.56 Å². The largest absolute Gasteiger partial charge is 0.497 e. The van der Waals surface area contributed by atoms with E-state index in [1.165, 1.54) is 12.1 Å². The van der Waals surface area contributed by atoms with Crippen molar-refractivity contribution < 1.29 is 18.7 Å². The Hall–Kier alpha value is -2.80. The highest BCUT2D eigenvalue weighted by molar-refractivity contribution is 7.08. The summed E-state index contributed by atoms with van der Waals surface area (Å²) in [5.74, 6) is -0.138. The van der Waals surface area contributed by atoms with Gasteiger partial charge >= 0.3 is 5.97 Å². The minimum atomic E-state index is -0.514. The quantitative estimate of drug-likeness (QED) is 0.660. The van der Waals surface area contributed by atoms with Gasteiger partial charge < -0.3 is 9.47 Å². The molecule has 0 unspecified atom stereocenters. The Kier molecular flexibility index (Phi) is 4.81. The van der Waals surface area contributed by atoms with E-state index in [-0.39, 0.29) is 12.4 Å². The van der Waals surface area contributed by atoms with Crippen molar-refractivity contribution in [1.82, 2.24) is 9.59 Å². The Balaban J connectivity index is 1.73. The first-order valence-corrected chi connectivity index (χ1v) is 7.83. The van der Waals surface area contributed by atoms with Gasteiger partial charge in [-0.05, 0) is 53.5 Å². The van der Waals surface area contributed by atoms with Crippen molar-refractivity contribution in [2.24, 2.45) is 0 Å². The predicted molar refractivity (Wildman–Crippen MR) is 87.4 cm³/mol. The summed E-state index contributed by atoms with van der Waals surface area (Å²) in [4.78, 5) is 12.6. The Morgan fingerprint density at radius 2 is 1.83 bits per heavy atom. The topological polar surface area (TPSA) is 61.3 Å². The van der Waals surface area contributed by atoms with Gasteiger partial charge in [-0.15, -0.1) is 5.10 Å². The highest BCUT2D eigenvalue weighted by atomic mass is 32.1. The van der Waals surface area contributed by atoms with Crippen LogP contribution < -0.4 is 4.74 Å². The lowest BCUT2D eigenvalue weighted by Crippen LogP contribution is -2.05. The minimum absolute atomic E-state index is 0.0546. The lowest BCUT2D eigenvalue weighted by atomic mass is 10.1. The molecule has 1 heterocycles. The number of benzene rings is 2. The molecule has 3 rings (SSSR count). The van der Waals surface area contributed by atoms with Gasteiger partial charge in [-0.1, -0.05) is 16.6 Å². The van der Waals surface area contributed by atoms with Gasteiger partial charge in [0.1, 0.15) is 23.9 Å². The van der Waals surface area contributed by atoms with Crippen LogP contribution in [0.3, 0.4) is 0 Å². The third kappa shape index (κ3) is 3.57. The van der Waals surface area contributed by atoms with E-state index in [1.54, 1.807) is 43.5 Å². The van der Waals surface area contributed by atoms with Crippen LogP contribution in [0.25, 0.3) is 11.3 Å². The van der Waals surface area contributed by atoms with Gasteiger partial charge in [0.2, 0.25) is 0 Å². The average molecular weight is 344 g/mol. The molecule has 0 radical (unpaired) electrons. The third-order valence-electron chi connectivity index (χ3n) is 3.32. The smallest absolute Gasteiger partial charge is 0.352 e. The molecule has 0 aliphatic heterocycles. The number of carbonyl (C=O) groups excluding carboxylic acids is 1. The number of ether oxygens (including phenoxy) is 2. The van der Waals surface area contributed by atoms with Gasteiger partial charge in [0.05, 0.1) is 7.11 Å². The molecule has 1 aromatic heterocycles. The Morgan fingerprint density at radius 1 is 1.12 bits per heavy atom. The molecule has 0 aliphatic rings. The summed E-state index contributed by atoms with van der Waals surface area (Å²) in [6.07, 6.45) is 0. The molecule has 0 aliphatic carbocycles. The molecule has 122 valence electrons. The van der Waals surface area contributed by atoms with Crippen molar-refractivity contribution in [2.45, 2.75) is 6.61 Å². The van der Waals surface area contributed by atoms with Crippen LogP contribution in [-0.2, 0) is 11.3 Å². The van der Waals surface area contributed by atoms with E-state index in [0.29, 0.717) is 21.9 Å². The zero-order valence-electron chi connectivity index (χ0n) is 12.7. The predicted octanol–water partition coefficient (Wildman–Crippen LogP) is 3.71. The maximum Gasteiger partial charge on any atom is 0.352 e. The number of methoxy groups -OCH3 is 1. The molecular weight excluding hydrogens is 331 g/mol. The van der Waals surface area contributed by atoms with Gasteiger partial charge in [0.15, 0.2) is 4.88 Å². The lowest BCUT2D eigenvalue weighted by Gasteiger charge is -2.05. The Morgan fingerprint density at radius 3 is 2.50 bits per heavy atom. The van der Waals surface area contributed by atoms with Gasteiger partial charge in [-0.25, -0.2) is 9.18 Å². The van der Waals surface area contributed by atoms with Crippen LogP contribution in [0.15, 0.2) is 48.5 Å². The summed E-state index contributed by atoms with van der Waals surface area (Å²) in [7, 11) is 1.58. The SMILES string of the molecule is COc1ccc(-c2nnsc2C(=O)OCc2ccc(F)cc2)cc1. The maximum absolute atomic E-state index is 12.9. The fourth-order valence-electron chi connectivity index (χ4n) is 2.06. The van der Waals surface area contributed by atoms with Crippen LogP contribution in [0.4, 0.5) is 4.39 Å². The molecule has 3 aromatic rings. The Bertz CT molecular complexity index is 832. The zero-order chi connectivity index (χ0) is 16.9. The van der Waals surface area contributed by atoms with Gasteiger partial charge in [-0.2, -0.15) is 0 Å². The van der Waals surface area contributed by atoms with Crippen molar-refractivity contribution in [1.29, 1.82) is 0 Å². The summed E-state index contributed by atoms with van der Waals surface area (Å²) >= 11 is 0.973. The van der Waals surface area contributed by atoms with E-state index in [4.69, 9.17) is 9.47 Å². The highest BCUT2D eigenvalue weighted by Gasteiger charge is 2.19. The molecule has 0 atom stereocenters. The molecule has 0 saturated heterocycles. The number of hydrogen-bond donors (Lipinski definition) is 0. The molecule has 0 N–H and O–H groups in total. The number of rotatable bonds is 5. The summed E-state index contributed by atoms with van der Waals surface area (Å²) in [5, 5.41) is 4.01. The molecule has 0 amide bonds. The first kappa shape index (κ1) is 16.1. The first-order chi connectivity index (χ1) is 11.7. The number of esters is 1. The van der Waals surface area contributed by atoms with Crippen LogP contribution in [0.1, 0.15) is 15.2 Å². The fraction of sp³-hybridized carbons (Fsp3) is 0.118. The lowest BCUT2D eigenvalue weighted by molar-refractivity contribution is 0.0479. The highest BCUT2D eigenvalue weighted by Crippen LogP contribution is 2.26. The second-order valence-corrected chi connectivity index (χ2v) is 5.64. The number of aromatic nitrogens is 2. The molecule has 0 bridgehead atoms. The number of halogens is 1. The Labute approximate surface area is 141 Å². The van der Waals surface area contributed by atoms with Crippen molar-refractivity contribution in [2.75, 3.05) is 7.11 Å². The second kappa shape index (κ2) is 7.18. The molecule has 0 fully saturated rings. The summed E-state index contributed by atoms with van der Waals surface area (Å²) in [6, 6.07) is 12.9. The molecular formula is C17H13FN2O3S. The molecule has 5 nitrogen and oxygen atoms in total. The van der Waals surface area contributed by atoms with Crippen LogP contribution in [0.5, 0.6) is 5.75 Å². The zero-order valence-corrected chi connectivity index (χ0v) is 13.5. The molecule has 0 spiro atoms. The van der Waals surface area contributed by atoms with Crippen molar-refractivity contribution in [3.63, 3.8) is 0 Å². The van der Waals surface area contributed by atoms with E-state index in [1.807, 2.05) is 0 Å². The van der Waals surface area contributed by atoms with E-state index < -0.39 is 5.97 Å².